The summed E-state index contributed by atoms with van der Waals surface area (Å²) in [5.41, 5.74) is 10.0. The lowest BCUT2D eigenvalue weighted by atomic mass is 10.2. The van der Waals surface area contributed by atoms with Crippen molar-refractivity contribution in [1.82, 2.24) is 0 Å². The van der Waals surface area contributed by atoms with Crippen LogP contribution in [0.25, 0.3) is 5.53 Å². The van der Waals surface area contributed by atoms with Gasteiger partial charge in [-0.15, -0.1) is 0 Å². The molecule has 0 spiro atoms. The average Bonchev–Trinajstić information content (AvgIpc) is 2.60. The Labute approximate surface area is 137 Å². The van der Waals surface area contributed by atoms with Gasteiger partial charge in [0.05, 0.1) is 0 Å². The molecule has 0 fully saturated rings. The summed E-state index contributed by atoms with van der Waals surface area (Å²) < 4.78 is 10.3. The van der Waals surface area contributed by atoms with Crippen molar-refractivity contribution in [3.05, 3.63) is 81.4 Å². The summed E-state index contributed by atoms with van der Waals surface area (Å²) in [5, 5.41) is 10.4. The maximum atomic E-state index is 11.3. The lowest BCUT2D eigenvalue weighted by molar-refractivity contribution is -0.383. The van der Waals surface area contributed by atoms with Gasteiger partial charge in [0.15, 0.2) is 4.92 Å². The summed E-state index contributed by atoms with van der Waals surface area (Å²) >= 11 is 0. The van der Waals surface area contributed by atoms with Crippen LogP contribution in [0.4, 0.5) is 0 Å². The number of ether oxygens (including phenoxy) is 2. The van der Waals surface area contributed by atoms with Crippen molar-refractivity contribution >= 4 is 11.8 Å². The summed E-state index contributed by atoms with van der Waals surface area (Å²) in [5.74, 6) is -1.94. The number of hydrogen-bond acceptors (Lipinski definition) is 5. The first kappa shape index (κ1) is 16.9. The molecule has 0 saturated heterocycles. The second kappa shape index (κ2) is 8.21. The lowest BCUT2D eigenvalue weighted by Crippen LogP contribution is -2.26. The van der Waals surface area contributed by atoms with Crippen molar-refractivity contribution in [3.63, 3.8) is 0 Å². The second-order valence-electron chi connectivity index (χ2n) is 4.68. The molecule has 122 valence electrons. The van der Waals surface area contributed by atoms with E-state index in [1.165, 1.54) is 0 Å². The van der Waals surface area contributed by atoms with Gasteiger partial charge in [0, 0.05) is 0 Å². The first-order valence-electron chi connectivity index (χ1n) is 6.89. The molecular weight excluding hydrogens is 314 g/mol. The van der Waals surface area contributed by atoms with Crippen LogP contribution in [0.15, 0.2) is 54.6 Å². The van der Waals surface area contributed by atoms with Crippen LogP contribution in [-0.4, -0.2) is 21.5 Å². The number of carbonyl (C=O) groups is 1. The van der Waals surface area contributed by atoms with Crippen LogP contribution in [0.3, 0.4) is 0 Å². The average molecular weight is 327 g/mol. The summed E-state index contributed by atoms with van der Waals surface area (Å²) in [6.07, 6.45) is 0. The predicted octanol–water partition coefficient (Wildman–Crippen LogP) is 2.21. The Kier molecular flexibility index (Phi) is 5.76. The Morgan fingerprint density at radius 2 is 1.67 bits per heavy atom. The van der Waals surface area contributed by atoms with Crippen LogP contribution >= 0.6 is 0 Å². The van der Waals surface area contributed by atoms with E-state index in [-0.39, 0.29) is 6.61 Å². The zero-order valence-electron chi connectivity index (χ0n) is 12.5. The molecule has 2 aromatic rings. The van der Waals surface area contributed by atoms with Gasteiger partial charge in [-0.3, -0.25) is 10.1 Å². The maximum absolute atomic E-state index is 11.3. The number of hydrogen-bond donors (Lipinski definition) is 0. The summed E-state index contributed by atoms with van der Waals surface area (Å²) in [4.78, 5) is 22.9. The Morgan fingerprint density at radius 3 is 2.25 bits per heavy atom. The minimum absolute atomic E-state index is 0.190. The highest BCUT2D eigenvalue weighted by Crippen LogP contribution is 2.15. The van der Waals surface area contributed by atoms with Crippen LogP contribution < -0.4 is 4.74 Å². The van der Waals surface area contributed by atoms with Gasteiger partial charge in [-0.1, -0.05) is 47.3 Å². The zero-order valence-corrected chi connectivity index (χ0v) is 12.5. The molecule has 0 aliphatic heterocycles. The van der Waals surface area contributed by atoms with Gasteiger partial charge in [0.2, 0.25) is 0 Å². The Bertz CT molecular complexity index is 768. The van der Waals surface area contributed by atoms with E-state index in [1.54, 1.807) is 24.3 Å². The van der Waals surface area contributed by atoms with Gasteiger partial charge in [-0.05, 0) is 23.3 Å². The highest BCUT2D eigenvalue weighted by Gasteiger charge is 2.36. The standard InChI is InChI=1S/C16H13N3O5/c17-18-15(19(21)22)16(20)24-11-13-6-8-14(9-7-13)23-10-12-4-2-1-3-5-12/h1-9H,10-11H2. The van der Waals surface area contributed by atoms with E-state index < -0.39 is 16.7 Å². The molecule has 0 unspecified atom stereocenters. The molecule has 0 bridgehead atoms. The summed E-state index contributed by atoms with van der Waals surface area (Å²) in [6.45, 7) is 0.235. The molecule has 0 aliphatic carbocycles. The van der Waals surface area contributed by atoms with Crippen molar-refractivity contribution in [2.45, 2.75) is 13.2 Å². The Hall–Kier alpha value is -3.51. The van der Waals surface area contributed by atoms with Crippen molar-refractivity contribution in [2.24, 2.45) is 0 Å². The number of nitro groups is 1. The van der Waals surface area contributed by atoms with Gasteiger partial charge in [0.25, 0.3) is 0 Å². The molecule has 0 aromatic heterocycles. The van der Waals surface area contributed by atoms with Crippen molar-refractivity contribution in [3.8, 4) is 5.75 Å². The fourth-order valence-electron chi connectivity index (χ4n) is 1.79. The second-order valence-corrected chi connectivity index (χ2v) is 4.68. The molecular formula is C16H13N3O5. The largest absolute Gasteiger partial charge is 0.690 e. The summed E-state index contributed by atoms with van der Waals surface area (Å²) in [7, 11) is 0. The lowest BCUT2D eigenvalue weighted by Gasteiger charge is -2.07. The Morgan fingerprint density at radius 1 is 1.04 bits per heavy atom. The van der Waals surface area contributed by atoms with Crippen LogP contribution in [-0.2, 0) is 22.7 Å². The number of benzene rings is 2. The molecule has 0 amide bonds. The molecule has 0 N–H and O–H groups in total. The molecule has 2 aromatic carbocycles. The number of amidine groups is 1. The van der Waals surface area contributed by atoms with Crippen molar-refractivity contribution in [2.75, 3.05) is 0 Å². The van der Waals surface area contributed by atoms with E-state index in [0.29, 0.717) is 17.9 Å². The van der Waals surface area contributed by atoms with E-state index >= 15 is 0 Å². The molecule has 0 saturated carbocycles. The van der Waals surface area contributed by atoms with Gasteiger partial charge in [-0.2, -0.15) is 0 Å². The van der Waals surface area contributed by atoms with Crippen LogP contribution in [0.2, 0.25) is 0 Å². The van der Waals surface area contributed by atoms with Crippen LogP contribution in [0.5, 0.6) is 5.75 Å². The predicted molar refractivity (Wildman–Crippen MR) is 82.6 cm³/mol. The van der Waals surface area contributed by atoms with Crippen LogP contribution in [0, 0.1) is 10.1 Å². The SMILES string of the molecule is [N-]=[N+]=C(C(=O)OCc1ccc(OCc2ccccc2)cc1)[N+](=O)[O-]. The van der Waals surface area contributed by atoms with E-state index in [2.05, 4.69) is 4.79 Å². The molecule has 2 rings (SSSR count). The third-order valence-electron chi connectivity index (χ3n) is 2.99. The quantitative estimate of drug-likeness (QED) is 0.159. The van der Waals surface area contributed by atoms with E-state index in [9.17, 15) is 14.9 Å². The van der Waals surface area contributed by atoms with Crippen LogP contribution in [0.1, 0.15) is 11.1 Å². The first-order chi connectivity index (χ1) is 11.6. The minimum atomic E-state index is -1.31. The zero-order chi connectivity index (χ0) is 17.4. The number of rotatable bonds is 5. The van der Waals surface area contributed by atoms with E-state index in [0.717, 1.165) is 5.56 Å². The third-order valence-corrected chi connectivity index (χ3v) is 2.99. The topological polar surface area (TPSA) is 115 Å². The minimum Gasteiger partial charge on any atom is -0.489 e. The summed E-state index contributed by atoms with van der Waals surface area (Å²) in [6, 6.07) is 16.4. The first-order valence-corrected chi connectivity index (χ1v) is 6.89. The molecule has 0 radical (unpaired) electrons. The molecule has 8 nitrogen and oxygen atoms in total. The molecule has 0 aliphatic rings. The smallest absolute Gasteiger partial charge is 0.489 e. The monoisotopic (exact) mass is 327 g/mol. The van der Waals surface area contributed by atoms with Crippen molar-refractivity contribution in [1.29, 1.82) is 0 Å². The normalized spacial score (nSPS) is 9.67. The Balaban J connectivity index is 1.87. The molecule has 8 heteroatoms. The molecule has 24 heavy (non-hydrogen) atoms. The fraction of sp³-hybridized carbons (Fsp3) is 0.125. The molecule has 0 atom stereocenters. The van der Waals surface area contributed by atoms with Gasteiger partial charge < -0.3 is 15.0 Å². The van der Waals surface area contributed by atoms with Gasteiger partial charge in [0.1, 0.15) is 19.0 Å². The molecule has 0 heterocycles. The number of esters is 1. The van der Waals surface area contributed by atoms with E-state index in [4.69, 9.17) is 15.0 Å². The number of nitrogens with zero attached hydrogens (tertiary/aromatic N) is 3. The number of carbonyl (C=O) groups excluding carboxylic acids is 1. The van der Waals surface area contributed by atoms with Gasteiger partial charge >= 0.3 is 11.8 Å². The third kappa shape index (κ3) is 4.75. The van der Waals surface area contributed by atoms with Crippen molar-refractivity contribution < 1.29 is 24.0 Å². The van der Waals surface area contributed by atoms with E-state index in [1.807, 2.05) is 30.3 Å². The maximum Gasteiger partial charge on any atom is 0.690 e. The highest BCUT2D eigenvalue weighted by molar-refractivity contribution is 6.28. The van der Waals surface area contributed by atoms with Gasteiger partial charge in [-0.25, -0.2) is 4.79 Å². The highest BCUT2D eigenvalue weighted by atomic mass is 16.6. The fourth-order valence-corrected chi connectivity index (χ4v) is 1.79.